The fraction of sp³-hybridized carbons (Fsp3) is 0.467. The van der Waals surface area contributed by atoms with Crippen LogP contribution in [0, 0.1) is 5.92 Å². The number of fused-ring (bicyclic) bond motifs is 1. The third-order valence-electron chi connectivity index (χ3n) is 7.43. The number of piperidine rings is 1. The molecule has 0 bridgehead atoms. The first-order valence-electron chi connectivity index (χ1n) is 13.8. The van der Waals surface area contributed by atoms with Crippen LogP contribution in [0.4, 0.5) is 5.69 Å². The molecule has 4 rings (SSSR count). The first-order valence-corrected chi connectivity index (χ1v) is 15.3. The summed E-state index contributed by atoms with van der Waals surface area (Å²) in [6.45, 7) is 7.41. The van der Waals surface area contributed by atoms with Crippen LogP contribution < -0.4 is 15.4 Å². The lowest BCUT2D eigenvalue weighted by atomic mass is 10.0. The zero-order chi connectivity index (χ0) is 28.9. The number of anilines is 1. The molecule has 1 aliphatic rings. The average Bonchev–Trinajstić information content (AvgIpc) is 2.96. The number of hydrogen-bond acceptors (Lipinski definition) is 9. The van der Waals surface area contributed by atoms with Crippen LogP contribution in [0.5, 0.6) is 5.75 Å². The Balaban J connectivity index is 1.73. The largest absolute Gasteiger partial charge is 0.497 e. The molecule has 0 amide bonds. The second-order valence-electron chi connectivity index (χ2n) is 10.2. The monoisotopic (exact) mass is 569 g/mol. The van der Waals surface area contributed by atoms with Gasteiger partial charge in [0.15, 0.2) is 0 Å². The van der Waals surface area contributed by atoms with Crippen LogP contribution in [0.3, 0.4) is 0 Å². The number of hydrogen-bond donors (Lipinski definition) is 1. The second-order valence-corrected chi connectivity index (χ2v) is 12.1. The molecule has 2 N–H and O–H groups in total. The number of sulfone groups is 1. The van der Waals surface area contributed by atoms with Crippen molar-refractivity contribution in [1.82, 2.24) is 4.98 Å². The molecule has 0 aliphatic carbocycles. The van der Waals surface area contributed by atoms with Gasteiger partial charge in [-0.2, -0.15) is 0 Å². The van der Waals surface area contributed by atoms with Gasteiger partial charge in [-0.05, 0) is 74.6 Å². The van der Waals surface area contributed by atoms with E-state index >= 15 is 0 Å². The molecule has 10 heteroatoms. The summed E-state index contributed by atoms with van der Waals surface area (Å²) in [6.07, 6.45) is 4.30. The number of aromatic nitrogens is 1. The van der Waals surface area contributed by atoms with Crippen molar-refractivity contribution in [3.05, 3.63) is 54.2 Å². The average molecular weight is 570 g/mol. The Morgan fingerprint density at radius 2 is 1.82 bits per heavy atom. The van der Waals surface area contributed by atoms with Crippen LogP contribution in [0.25, 0.3) is 10.9 Å². The molecule has 2 aromatic carbocycles. The molecule has 40 heavy (non-hydrogen) atoms. The molecule has 1 saturated heterocycles. The molecule has 0 spiro atoms. The van der Waals surface area contributed by atoms with Crippen molar-refractivity contribution in [3.8, 4) is 5.75 Å². The standard InChI is InChI=1S/C30H39N3O6S/c1-5-20(3)17-28(31)39-23-13-15-33(16-14-23)29-25-18-21(30(34)38-6-2)7-12-26(25)32-19-27(29)40(35,36)24-10-8-22(37-4)9-11-24/h7-12,18-20,23,28H,5-6,13-17,31H2,1-4H3. The summed E-state index contributed by atoms with van der Waals surface area (Å²) < 4.78 is 44.5. The van der Waals surface area contributed by atoms with Crippen LogP contribution in [0.15, 0.2) is 58.5 Å². The topological polar surface area (TPSA) is 121 Å². The van der Waals surface area contributed by atoms with E-state index in [1.54, 1.807) is 37.3 Å². The van der Waals surface area contributed by atoms with Crippen LogP contribution in [0.1, 0.15) is 56.8 Å². The molecular weight excluding hydrogens is 530 g/mol. The van der Waals surface area contributed by atoms with Gasteiger partial charge < -0.3 is 24.8 Å². The zero-order valence-electron chi connectivity index (χ0n) is 23.6. The normalized spacial score (nSPS) is 16.1. The summed E-state index contributed by atoms with van der Waals surface area (Å²) in [4.78, 5) is 19.3. The predicted octanol–water partition coefficient (Wildman–Crippen LogP) is 4.96. The van der Waals surface area contributed by atoms with E-state index in [0.29, 0.717) is 59.8 Å². The van der Waals surface area contributed by atoms with Gasteiger partial charge in [0.2, 0.25) is 9.84 Å². The summed E-state index contributed by atoms with van der Waals surface area (Å²) >= 11 is 0. The van der Waals surface area contributed by atoms with Crippen molar-refractivity contribution in [2.75, 3.05) is 31.7 Å². The summed E-state index contributed by atoms with van der Waals surface area (Å²) in [6, 6.07) is 11.3. The van der Waals surface area contributed by atoms with Gasteiger partial charge in [-0.3, -0.25) is 4.98 Å². The number of ether oxygens (including phenoxy) is 3. The molecule has 0 saturated carbocycles. The van der Waals surface area contributed by atoms with E-state index < -0.39 is 15.8 Å². The minimum Gasteiger partial charge on any atom is -0.497 e. The van der Waals surface area contributed by atoms with Gasteiger partial charge in [0, 0.05) is 24.7 Å². The molecule has 2 atom stereocenters. The number of esters is 1. The number of methoxy groups -OCH3 is 1. The van der Waals surface area contributed by atoms with Gasteiger partial charge in [0.25, 0.3) is 0 Å². The summed E-state index contributed by atoms with van der Waals surface area (Å²) in [5.74, 6) is 0.572. The summed E-state index contributed by atoms with van der Waals surface area (Å²) in [5, 5.41) is 0.577. The maximum atomic E-state index is 14.0. The Bertz CT molecular complexity index is 1420. The van der Waals surface area contributed by atoms with Crippen LogP contribution >= 0.6 is 0 Å². The number of rotatable bonds is 11. The molecule has 3 aromatic rings. The highest BCUT2D eigenvalue weighted by Crippen LogP contribution is 2.38. The molecule has 9 nitrogen and oxygen atoms in total. The highest BCUT2D eigenvalue weighted by molar-refractivity contribution is 7.91. The number of nitrogens with zero attached hydrogens (tertiary/aromatic N) is 2. The Labute approximate surface area is 236 Å². The number of nitrogens with two attached hydrogens (primary N) is 1. The van der Waals surface area contributed by atoms with Gasteiger partial charge in [-0.25, -0.2) is 13.2 Å². The highest BCUT2D eigenvalue weighted by atomic mass is 32.2. The first-order chi connectivity index (χ1) is 19.2. The fourth-order valence-corrected chi connectivity index (χ4v) is 6.42. The quantitative estimate of drug-likeness (QED) is 0.252. The first kappa shape index (κ1) is 29.8. The fourth-order valence-electron chi connectivity index (χ4n) is 4.99. The lowest BCUT2D eigenvalue weighted by Crippen LogP contribution is -2.41. The van der Waals surface area contributed by atoms with Gasteiger partial charge in [0.05, 0.1) is 41.5 Å². The maximum absolute atomic E-state index is 14.0. The van der Waals surface area contributed by atoms with Crippen molar-refractivity contribution in [2.45, 2.75) is 68.6 Å². The van der Waals surface area contributed by atoms with E-state index in [4.69, 9.17) is 19.9 Å². The SMILES string of the molecule is CCOC(=O)c1ccc2ncc(S(=O)(=O)c3ccc(OC)cc3)c(N3CCC(OC(N)CC(C)CC)CC3)c2c1. The zero-order valence-corrected chi connectivity index (χ0v) is 24.4. The maximum Gasteiger partial charge on any atom is 0.338 e. The minimum absolute atomic E-state index is 0.0138. The van der Waals surface area contributed by atoms with Crippen molar-refractivity contribution in [2.24, 2.45) is 11.7 Å². The van der Waals surface area contributed by atoms with E-state index in [2.05, 4.69) is 23.7 Å². The van der Waals surface area contributed by atoms with Gasteiger partial charge in [-0.1, -0.05) is 20.3 Å². The van der Waals surface area contributed by atoms with Crippen LogP contribution in [-0.2, 0) is 19.3 Å². The Morgan fingerprint density at radius 3 is 2.45 bits per heavy atom. The Kier molecular flexibility index (Phi) is 9.65. The summed E-state index contributed by atoms with van der Waals surface area (Å²) in [5.41, 5.74) is 7.71. The molecule has 0 radical (unpaired) electrons. The number of benzene rings is 2. The smallest absolute Gasteiger partial charge is 0.338 e. The molecule has 1 aliphatic heterocycles. The van der Waals surface area contributed by atoms with Gasteiger partial charge >= 0.3 is 5.97 Å². The predicted molar refractivity (Wildman–Crippen MR) is 155 cm³/mol. The molecule has 216 valence electrons. The number of pyridine rings is 1. The third kappa shape index (κ3) is 6.56. The minimum atomic E-state index is -3.95. The Hall–Kier alpha value is -3.21. The highest BCUT2D eigenvalue weighted by Gasteiger charge is 2.30. The molecular formula is C30H39N3O6S. The van der Waals surface area contributed by atoms with E-state index in [1.165, 1.54) is 25.4 Å². The van der Waals surface area contributed by atoms with Crippen molar-refractivity contribution >= 4 is 32.4 Å². The lowest BCUT2D eigenvalue weighted by molar-refractivity contribution is -0.0302. The number of carbonyl (C=O) groups excluding carboxylic acids is 1. The van der Waals surface area contributed by atoms with Crippen LogP contribution in [0.2, 0.25) is 0 Å². The van der Waals surface area contributed by atoms with Crippen molar-refractivity contribution in [3.63, 3.8) is 0 Å². The van der Waals surface area contributed by atoms with Crippen molar-refractivity contribution in [1.29, 1.82) is 0 Å². The summed E-state index contributed by atoms with van der Waals surface area (Å²) in [7, 11) is -2.43. The van der Waals surface area contributed by atoms with E-state index in [-0.39, 0.29) is 28.7 Å². The third-order valence-corrected chi connectivity index (χ3v) is 9.20. The molecule has 2 heterocycles. The molecule has 1 aromatic heterocycles. The molecule has 1 fully saturated rings. The van der Waals surface area contributed by atoms with Crippen molar-refractivity contribution < 1.29 is 27.4 Å². The van der Waals surface area contributed by atoms with Gasteiger partial charge in [0.1, 0.15) is 16.9 Å². The number of carbonyl (C=O) groups is 1. The van der Waals surface area contributed by atoms with E-state index in [1.807, 2.05) is 0 Å². The van der Waals surface area contributed by atoms with E-state index in [0.717, 1.165) is 12.8 Å². The second kappa shape index (κ2) is 13.0. The Morgan fingerprint density at radius 1 is 1.12 bits per heavy atom. The van der Waals surface area contributed by atoms with E-state index in [9.17, 15) is 13.2 Å². The van der Waals surface area contributed by atoms with Crippen LogP contribution in [-0.4, -0.2) is 58.5 Å². The lowest BCUT2D eigenvalue weighted by Gasteiger charge is -2.36. The molecule has 2 unspecified atom stereocenters. The van der Waals surface area contributed by atoms with Gasteiger partial charge in [-0.15, -0.1) is 0 Å².